The lowest BCUT2D eigenvalue weighted by atomic mass is 9.87. The maximum atomic E-state index is 14.6. The molecule has 1 saturated heterocycles. The third kappa shape index (κ3) is 17.9. The minimum absolute atomic E-state index is 0.00832. The molecule has 69 heavy (non-hydrogen) atoms. The van der Waals surface area contributed by atoms with Crippen LogP contribution in [-0.4, -0.2) is 117 Å². The number of carbonyl (C=O) groups is 6. The number of ketones is 3. The summed E-state index contributed by atoms with van der Waals surface area (Å²) in [5.41, 5.74) is 1.74. The predicted octanol–water partition coefficient (Wildman–Crippen LogP) is 6.59. The number of Topliss-reactive ketones (excluding diaryl/α,β-unsaturated/α-hetero) is 3. The van der Waals surface area contributed by atoms with Gasteiger partial charge in [0.15, 0.2) is 23.8 Å². The molecule has 1 aliphatic heterocycles. The first-order chi connectivity index (χ1) is 33.0. The van der Waals surface area contributed by atoms with Crippen molar-refractivity contribution in [2.24, 2.45) is 30.7 Å². The van der Waals surface area contributed by atoms with E-state index in [0.29, 0.717) is 57.0 Å². The second-order valence-corrected chi connectivity index (χ2v) is 19.8. The average molecular weight is 1060 g/mol. The molecule has 3 aromatic carbocycles. The Kier molecular flexibility index (Phi) is 21.5. The fraction of sp³-hybridized carbons (Fsp3) is 0.509. The predicted molar refractivity (Wildman–Crippen MR) is 271 cm³/mol. The molecule has 0 aliphatic carbocycles. The van der Waals surface area contributed by atoms with Gasteiger partial charge in [-0.2, -0.15) is 0 Å². The van der Waals surface area contributed by atoms with Gasteiger partial charge in [0.25, 0.3) is 0 Å². The van der Waals surface area contributed by atoms with Crippen LogP contribution in [0.25, 0.3) is 11.3 Å². The molecule has 2 amide bonds. The van der Waals surface area contributed by atoms with Gasteiger partial charge in [0.05, 0.1) is 38.0 Å². The van der Waals surface area contributed by atoms with Crippen molar-refractivity contribution in [1.82, 2.24) is 30.5 Å². The number of nitrogens with zero attached hydrogens (tertiary/aromatic N) is 4. The highest BCUT2D eigenvalue weighted by atomic mass is 127. The molecule has 0 spiro atoms. The maximum absolute atomic E-state index is 14.6. The van der Waals surface area contributed by atoms with Crippen molar-refractivity contribution in [3.63, 3.8) is 0 Å². The number of hydrogen-bond acceptors (Lipinski definition) is 12. The van der Waals surface area contributed by atoms with Crippen molar-refractivity contribution in [3.05, 3.63) is 102 Å². The lowest BCUT2D eigenvalue weighted by Crippen LogP contribution is -2.55. The molecule has 1 aromatic heterocycles. The number of aromatic nitrogens is 3. The van der Waals surface area contributed by atoms with Gasteiger partial charge in [0, 0.05) is 54.8 Å². The Bertz CT molecular complexity index is 2280. The smallest absolute Gasteiger partial charge is 0.345 e. The zero-order valence-corrected chi connectivity index (χ0v) is 43.0. The van der Waals surface area contributed by atoms with Crippen LogP contribution in [0.3, 0.4) is 0 Å². The lowest BCUT2D eigenvalue weighted by Gasteiger charge is -2.32. The number of rotatable bonds is 28. The number of amides is 2. The summed E-state index contributed by atoms with van der Waals surface area (Å²) in [6, 6.07) is 24.1. The van der Waals surface area contributed by atoms with Crippen LogP contribution in [0.4, 0.5) is 0 Å². The van der Waals surface area contributed by atoms with E-state index in [1.165, 1.54) is 6.92 Å². The molecular weight excluding hydrogens is 992 g/mol. The number of alkyl halides is 1. The Balaban J connectivity index is 1.30. The number of morpholine rings is 1. The molecule has 2 heterocycles. The van der Waals surface area contributed by atoms with E-state index in [1.807, 2.05) is 116 Å². The normalized spacial score (nSPS) is 15.6. The van der Waals surface area contributed by atoms with Crippen LogP contribution in [0.2, 0.25) is 0 Å². The van der Waals surface area contributed by atoms with Gasteiger partial charge in [-0.15, -0.1) is 5.10 Å². The van der Waals surface area contributed by atoms with Gasteiger partial charge in [-0.3, -0.25) is 33.6 Å². The van der Waals surface area contributed by atoms with E-state index in [1.54, 1.807) is 42.2 Å². The third-order valence-electron chi connectivity index (χ3n) is 12.1. The number of benzene rings is 3. The molecule has 16 heteroatoms. The van der Waals surface area contributed by atoms with E-state index in [-0.39, 0.29) is 66.0 Å². The first-order valence-electron chi connectivity index (χ1n) is 24.0. The molecule has 0 saturated carbocycles. The molecule has 1 aliphatic rings. The minimum atomic E-state index is -1.62. The number of hydrogen-bond donors (Lipinski definition) is 2. The summed E-state index contributed by atoms with van der Waals surface area (Å²) in [7, 11) is 1.78. The fourth-order valence-electron chi connectivity index (χ4n) is 8.36. The molecule has 5 atom stereocenters. The van der Waals surface area contributed by atoms with Crippen molar-refractivity contribution in [1.29, 1.82) is 0 Å². The molecule has 0 bridgehead atoms. The van der Waals surface area contributed by atoms with Crippen LogP contribution < -0.4 is 15.4 Å². The van der Waals surface area contributed by atoms with E-state index in [0.717, 1.165) is 16.7 Å². The van der Waals surface area contributed by atoms with Crippen LogP contribution in [-0.2, 0) is 58.1 Å². The van der Waals surface area contributed by atoms with Crippen LogP contribution in [0.5, 0.6) is 5.75 Å². The van der Waals surface area contributed by atoms with E-state index in [2.05, 4.69) is 20.9 Å². The number of esters is 1. The van der Waals surface area contributed by atoms with Gasteiger partial charge in [-0.1, -0.05) is 116 Å². The fourth-order valence-corrected chi connectivity index (χ4v) is 8.89. The first-order valence-corrected chi connectivity index (χ1v) is 25.5. The molecule has 1 unspecified atom stereocenters. The summed E-state index contributed by atoms with van der Waals surface area (Å²) in [5.74, 6) is -3.72. The summed E-state index contributed by atoms with van der Waals surface area (Å²) in [5, 5.41) is 14.1. The topological polar surface area (TPSA) is 188 Å². The number of carbonyl (C=O) groups excluding carboxylic acids is 6. The molecule has 372 valence electrons. The average Bonchev–Trinajstić information content (AvgIpc) is 3.77. The quantitative estimate of drug-likeness (QED) is 0.0354. The van der Waals surface area contributed by atoms with Crippen LogP contribution >= 0.6 is 22.6 Å². The van der Waals surface area contributed by atoms with Crippen molar-refractivity contribution in [3.8, 4) is 17.0 Å². The van der Waals surface area contributed by atoms with Crippen molar-refractivity contribution >= 4 is 57.7 Å². The Morgan fingerprint density at radius 1 is 0.783 bits per heavy atom. The molecular formula is C53H69IN6O9. The van der Waals surface area contributed by atoms with E-state index < -0.39 is 53.8 Å². The molecule has 1 fully saturated rings. The summed E-state index contributed by atoms with van der Waals surface area (Å²) < 4.78 is 18.7. The minimum Gasteiger partial charge on any atom is -0.482 e. The molecule has 2 N–H and O–H groups in total. The largest absolute Gasteiger partial charge is 0.482 e. The maximum Gasteiger partial charge on any atom is 0.345 e. The highest BCUT2D eigenvalue weighted by Crippen LogP contribution is 2.25. The Morgan fingerprint density at radius 3 is 1.97 bits per heavy atom. The van der Waals surface area contributed by atoms with E-state index in [9.17, 15) is 28.8 Å². The summed E-state index contributed by atoms with van der Waals surface area (Å²) >= 11 is 2.00. The van der Waals surface area contributed by atoms with Gasteiger partial charge in [0.2, 0.25) is 11.8 Å². The van der Waals surface area contributed by atoms with E-state index in [4.69, 9.17) is 14.2 Å². The highest BCUT2D eigenvalue weighted by molar-refractivity contribution is 14.1. The van der Waals surface area contributed by atoms with Crippen LogP contribution in [0.15, 0.2) is 91.1 Å². The lowest BCUT2D eigenvalue weighted by molar-refractivity contribution is -0.166. The Labute approximate surface area is 420 Å². The van der Waals surface area contributed by atoms with E-state index >= 15 is 0 Å². The molecule has 0 radical (unpaired) electrons. The number of halogens is 1. The van der Waals surface area contributed by atoms with Crippen LogP contribution in [0, 0.1) is 23.7 Å². The highest BCUT2D eigenvalue weighted by Gasteiger charge is 2.42. The Hall–Kier alpha value is -5.33. The zero-order valence-electron chi connectivity index (χ0n) is 40.9. The van der Waals surface area contributed by atoms with Gasteiger partial charge in [0.1, 0.15) is 17.2 Å². The number of aryl methyl sites for hydroxylation is 2. The SMILES string of the molecule is CC(C)C[C@H](NC(=O)[C@H](CCc1ccccc1)CC(=O)CN1CCOCC1)C(=O)C[C@@H](Cc1ccccc1)C(=O)N[C@@H](CC(C)C)C(=O)C(C)(CI)OC(=O)COc1ccc(-c2cn(C)nn2)cc1. The van der Waals surface area contributed by atoms with Crippen molar-refractivity contribution < 1.29 is 43.0 Å². The number of ether oxygens (including phenoxy) is 3. The summed E-state index contributed by atoms with van der Waals surface area (Å²) in [6.07, 6.45) is 3.33. The second kappa shape index (κ2) is 27.2. The van der Waals surface area contributed by atoms with Crippen molar-refractivity contribution in [2.75, 3.05) is 43.9 Å². The molecule has 15 nitrogen and oxygen atoms in total. The monoisotopic (exact) mass is 1060 g/mol. The second-order valence-electron chi connectivity index (χ2n) is 19.1. The van der Waals surface area contributed by atoms with Gasteiger partial charge >= 0.3 is 5.97 Å². The third-order valence-corrected chi connectivity index (χ3v) is 13.5. The van der Waals surface area contributed by atoms with Gasteiger partial charge in [-0.05, 0) is 86.3 Å². The molecule has 4 aromatic rings. The van der Waals surface area contributed by atoms with Crippen LogP contribution in [0.1, 0.15) is 77.8 Å². The Morgan fingerprint density at radius 2 is 1.38 bits per heavy atom. The zero-order chi connectivity index (χ0) is 49.9. The van der Waals surface area contributed by atoms with Crippen molar-refractivity contribution in [2.45, 2.75) is 97.2 Å². The van der Waals surface area contributed by atoms with Gasteiger partial charge in [-0.25, -0.2) is 4.79 Å². The summed E-state index contributed by atoms with van der Waals surface area (Å²) in [4.78, 5) is 86.7. The first kappa shape index (κ1) is 54.6. The number of nitrogens with one attached hydrogen (secondary N) is 2. The standard InChI is InChI=1S/C53H69IN6O9/c1-36(2)27-45(55-51(65)41(18-17-38-13-9-7-10-14-38)30-43(61)32-60-23-25-67-26-24-60)48(62)31-42(29-39-15-11-8-12-16-39)52(66)56-46(28-37(3)4)50(64)53(5,35-54)69-49(63)34-68-44-21-19-40(20-22-44)47-33-59(6)58-57-47/h7-16,19-22,33,36-37,41-42,45-46H,17-18,23-32,34-35H2,1-6H3,(H,55,65)(H,56,66)/t41-,42-,45+,46+,53?/m1/s1. The van der Waals surface area contributed by atoms with Gasteiger partial charge < -0.3 is 24.8 Å². The summed E-state index contributed by atoms with van der Waals surface area (Å²) in [6.45, 7) is 11.5. The molecule has 5 rings (SSSR count).